The van der Waals surface area contributed by atoms with Crippen LogP contribution >= 0.6 is 0 Å². The number of aromatic nitrogens is 3. The van der Waals surface area contributed by atoms with Crippen LogP contribution in [0.2, 0.25) is 0 Å². The Balaban J connectivity index is 1.65. The van der Waals surface area contributed by atoms with E-state index in [-0.39, 0.29) is 34.8 Å². The summed E-state index contributed by atoms with van der Waals surface area (Å²) in [5, 5.41) is 6.94. The highest BCUT2D eigenvalue weighted by atomic mass is 19.4. The number of ether oxygens (including phenoxy) is 2. The molecule has 14 heteroatoms. The number of carbonyl (C=O) groups is 2. The average Bonchev–Trinajstić information content (AvgIpc) is 3.27. The van der Waals surface area contributed by atoms with Crippen LogP contribution in [0.15, 0.2) is 35.3 Å². The molecule has 42 heavy (non-hydrogen) atoms. The van der Waals surface area contributed by atoms with E-state index in [1.165, 1.54) is 12.3 Å². The first-order valence-corrected chi connectivity index (χ1v) is 13.5. The lowest BCUT2D eigenvalue weighted by molar-refractivity contribution is -0.140. The van der Waals surface area contributed by atoms with Crippen molar-refractivity contribution in [2.24, 2.45) is 0 Å². The van der Waals surface area contributed by atoms with E-state index in [1.54, 1.807) is 39.5 Å². The molecule has 0 unspecified atom stereocenters. The van der Waals surface area contributed by atoms with Crippen molar-refractivity contribution < 1.29 is 36.6 Å². The predicted octanol–water partition coefficient (Wildman–Crippen LogP) is 4.62. The third-order valence-electron chi connectivity index (χ3n) is 6.41. The Hall–Kier alpha value is -4.10. The van der Waals surface area contributed by atoms with Gasteiger partial charge in [-0.2, -0.15) is 13.2 Å². The summed E-state index contributed by atoms with van der Waals surface area (Å²) >= 11 is 0. The number of nitrogens with zero attached hydrogens (tertiary/aromatic N) is 4. The first-order chi connectivity index (χ1) is 19.5. The van der Waals surface area contributed by atoms with E-state index >= 15 is 0 Å². The molecular formula is C28H33F4N5O5. The molecule has 10 nitrogen and oxygen atoms in total. The Morgan fingerprint density at radius 2 is 1.79 bits per heavy atom. The van der Waals surface area contributed by atoms with Crippen LogP contribution < -0.4 is 15.6 Å². The van der Waals surface area contributed by atoms with Gasteiger partial charge in [0.1, 0.15) is 29.6 Å². The summed E-state index contributed by atoms with van der Waals surface area (Å²) in [5.74, 6) is -1.91. The molecule has 2 amide bonds. The maximum Gasteiger partial charge on any atom is 0.419 e. The third kappa shape index (κ3) is 7.21. The van der Waals surface area contributed by atoms with Gasteiger partial charge in [-0.05, 0) is 52.8 Å². The number of likely N-dealkylation sites (tertiary alicyclic amines) is 1. The molecule has 1 aromatic carbocycles. The largest absolute Gasteiger partial charge is 0.473 e. The van der Waals surface area contributed by atoms with E-state index in [2.05, 4.69) is 10.4 Å². The Morgan fingerprint density at radius 1 is 1.12 bits per heavy atom. The van der Waals surface area contributed by atoms with E-state index in [9.17, 15) is 31.9 Å². The van der Waals surface area contributed by atoms with Crippen molar-refractivity contribution in [3.63, 3.8) is 0 Å². The van der Waals surface area contributed by atoms with Gasteiger partial charge in [-0.15, -0.1) is 5.10 Å². The van der Waals surface area contributed by atoms with Gasteiger partial charge in [0.15, 0.2) is 0 Å². The second-order valence-electron chi connectivity index (χ2n) is 11.4. The van der Waals surface area contributed by atoms with Crippen molar-refractivity contribution in [1.82, 2.24) is 24.4 Å². The van der Waals surface area contributed by atoms with Crippen molar-refractivity contribution >= 4 is 17.5 Å². The summed E-state index contributed by atoms with van der Waals surface area (Å²) in [6.07, 6.45) is -3.46. The molecule has 0 atom stereocenters. The van der Waals surface area contributed by atoms with Crippen molar-refractivity contribution in [3.05, 3.63) is 52.2 Å². The van der Waals surface area contributed by atoms with E-state index in [0.29, 0.717) is 38.1 Å². The molecule has 0 saturated carbocycles. The van der Waals surface area contributed by atoms with Crippen LogP contribution in [-0.2, 0) is 22.3 Å². The van der Waals surface area contributed by atoms with Crippen LogP contribution in [0.4, 0.5) is 22.4 Å². The number of hydrogen-bond acceptors (Lipinski definition) is 6. The SMILES string of the molecule is CC(C)NC(=O)Cn1c(-c2ccc(F)c(C(F)(F)F)c2)cn2nc(OC3CCN(C(=O)OC(C)(C)C)CC3)cc2c1=O. The van der Waals surface area contributed by atoms with Crippen molar-refractivity contribution in [2.75, 3.05) is 13.1 Å². The smallest absolute Gasteiger partial charge is 0.419 e. The van der Waals surface area contributed by atoms with Crippen LogP contribution in [0.1, 0.15) is 53.0 Å². The molecule has 1 fully saturated rings. The van der Waals surface area contributed by atoms with Crippen LogP contribution in [0.3, 0.4) is 0 Å². The monoisotopic (exact) mass is 595 g/mol. The first kappa shape index (κ1) is 30.8. The number of rotatable bonds is 6. The number of alkyl halides is 3. The molecule has 0 spiro atoms. The molecule has 4 rings (SSSR count). The Bertz CT molecular complexity index is 1530. The van der Waals surface area contributed by atoms with E-state index in [0.717, 1.165) is 15.1 Å². The lowest BCUT2D eigenvalue weighted by atomic mass is 10.1. The lowest BCUT2D eigenvalue weighted by Crippen LogP contribution is -2.44. The number of amides is 2. The topological polar surface area (TPSA) is 107 Å². The summed E-state index contributed by atoms with van der Waals surface area (Å²) in [4.78, 5) is 40.1. The van der Waals surface area contributed by atoms with Crippen molar-refractivity contribution in [2.45, 2.75) is 77.9 Å². The average molecular weight is 596 g/mol. The minimum atomic E-state index is -4.98. The number of benzene rings is 1. The molecule has 228 valence electrons. The standard InChI is InChI=1S/C28H33F4N5O5/c1-16(2)33-23(38)15-36-22(17-6-7-20(29)19(12-17)28(30,31)32)14-37-21(25(36)39)13-24(34-37)41-18-8-10-35(11-9-18)26(40)42-27(3,4)5/h6-7,12-14,16,18H,8-11,15H2,1-5H3,(H,33,38). The van der Waals surface area contributed by atoms with Crippen LogP contribution in [-0.4, -0.2) is 61.9 Å². The van der Waals surface area contributed by atoms with Gasteiger partial charge < -0.3 is 19.7 Å². The molecule has 0 bridgehead atoms. The van der Waals surface area contributed by atoms with Crippen LogP contribution in [0.25, 0.3) is 16.8 Å². The zero-order valence-electron chi connectivity index (χ0n) is 23.9. The molecule has 1 aliphatic heterocycles. The fraction of sp³-hybridized carbons (Fsp3) is 0.500. The molecule has 3 heterocycles. The first-order valence-electron chi connectivity index (χ1n) is 13.5. The lowest BCUT2D eigenvalue weighted by Gasteiger charge is -2.33. The second-order valence-corrected chi connectivity index (χ2v) is 11.4. The highest BCUT2D eigenvalue weighted by Crippen LogP contribution is 2.34. The predicted molar refractivity (Wildman–Crippen MR) is 145 cm³/mol. The van der Waals surface area contributed by atoms with Gasteiger partial charge in [-0.1, -0.05) is 0 Å². The van der Waals surface area contributed by atoms with Crippen molar-refractivity contribution in [3.8, 4) is 17.1 Å². The fourth-order valence-electron chi connectivity index (χ4n) is 4.57. The fourth-order valence-corrected chi connectivity index (χ4v) is 4.57. The zero-order valence-corrected chi connectivity index (χ0v) is 23.9. The quantitative estimate of drug-likeness (QED) is 0.417. The van der Waals surface area contributed by atoms with Gasteiger partial charge in [0.2, 0.25) is 11.8 Å². The van der Waals surface area contributed by atoms with E-state index < -0.39 is 47.3 Å². The highest BCUT2D eigenvalue weighted by Gasteiger charge is 2.35. The Morgan fingerprint density at radius 3 is 2.38 bits per heavy atom. The molecule has 0 radical (unpaired) electrons. The second kappa shape index (κ2) is 11.6. The molecule has 1 aliphatic rings. The Labute approximate surface area is 239 Å². The van der Waals surface area contributed by atoms with E-state index in [1.807, 2.05) is 0 Å². The molecule has 1 N–H and O–H groups in total. The summed E-state index contributed by atoms with van der Waals surface area (Å²) in [5.41, 5.74) is -3.01. The number of fused-ring (bicyclic) bond motifs is 1. The maximum absolute atomic E-state index is 14.0. The number of carbonyl (C=O) groups excluding carboxylic acids is 2. The number of halogens is 4. The van der Waals surface area contributed by atoms with Crippen LogP contribution in [0.5, 0.6) is 5.88 Å². The number of nitrogens with one attached hydrogen (secondary N) is 1. The van der Waals surface area contributed by atoms with Gasteiger partial charge in [0.25, 0.3) is 5.56 Å². The number of hydrogen-bond donors (Lipinski definition) is 1. The summed E-state index contributed by atoms with van der Waals surface area (Å²) in [6.45, 7) is 9.08. The maximum atomic E-state index is 14.0. The molecular weight excluding hydrogens is 562 g/mol. The van der Waals surface area contributed by atoms with Crippen molar-refractivity contribution in [1.29, 1.82) is 0 Å². The van der Waals surface area contributed by atoms with Gasteiger partial charge in [0, 0.05) is 43.6 Å². The highest BCUT2D eigenvalue weighted by molar-refractivity contribution is 5.77. The zero-order chi connectivity index (χ0) is 31.0. The molecule has 0 aliphatic carbocycles. The van der Waals surface area contributed by atoms with Gasteiger partial charge in [0.05, 0.1) is 17.5 Å². The molecule has 3 aromatic rings. The molecule has 1 saturated heterocycles. The van der Waals surface area contributed by atoms with Crippen LogP contribution in [0, 0.1) is 5.82 Å². The third-order valence-corrected chi connectivity index (χ3v) is 6.41. The summed E-state index contributed by atoms with van der Waals surface area (Å²) < 4.78 is 68.0. The van der Waals surface area contributed by atoms with Gasteiger partial charge in [-0.25, -0.2) is 13.7 Å². The summed E-state index contributed by atoms with van der Waals surface area (Å²) in [7, 11) is 0. The van der Waals surface area contributed by atoms with Gasteiger partial charge in [-0.3, -0.25) is 14.2 Å². The minimum Gasteiger partial charge on any atom is -0.473 e. The summed E-state index contributed by atoms with van der Waals surface area (Å²) in [6, 6.07) is 3.48. The Kier molecular flexibility index (Phi) is 8.55. The van der Waals surface area contributed by atoms with Gasteiger partial charge >= 0.3 is 12.3 Å². The normalized spacial score (nSPS) is 14.9. The minimum absolute atomic E-state index is 0.0236. The van der Waals surface area contributed by atoms with E-state index in [4.69, 9.17) is 9.47 Å². The number of piperidine rings is 1. The molecule has 2 aromatic heterocycles.